The summed E-state index contributed by atoms with van der Waals surface area (Å²) in [6.45, 7) is 1.82. The number of hydrogen-bond donors (Lipinski definition) is 3. The molecule has 0 atom stereocenters. The minimum atomic E-state index is -3.60. The first-order valence-corrected chi connectivity index (χ1v) is 8.26. The van der Waals surface area contributed by atoms with Gasteiger partial charge in [0.05, 0.1) is 6.61 Å². The zero-order chi connectivity index (χ0) is 15.8. The third kappa shape index (κ3) is 4.75. The minimum Gasteiger partial charge on any atom is -0.450 e. The number of rotatable bonds is 6. The standard InChI is InChI=1S/C13H16N5O3P/c1-2-21-13(19)18-22(20,16-11-7-3-5-9-14-11)17-12-8-4-6-10-15-12/h3-10H,2H2,1H3,(H3,14,15,16,17,18,19,20). The summed E-state index contributed by atoms with van der Waals surface area (Å²) in [6, 6.07) is 10.1. The van der Waals surface area contributed by atoms with Gasteiger partial charge in [0.2, 0.25) is 0 Å². The quantitative estimate of drug-likeness (QED) is 0.702. The Bertz CT molecular complexity index is 608. The Morgan fingerprint density at radius 3 is 2.05 bits per heavy atom. The Kier molecular flexibility index (Phi) is 5.32. The van der Waals surface area contributed by atoms with Crippen molar-refractivity contribution in [2.24, 2.45) is 0 Å². The third-order valence-electron chi connectivity index (χ3n) is 2.40. The zero-order valence-electron chi connectivity index (χ0n) is 11.9. The van der Waals surface area contributed by atoms with Crippen molar-refractivity contribution in [2.45, 2.75) is 6.92 Å². The molecule has 0 bridgehead atoms. The molecular formula is C13H16N5O3P. The number of nitrogens with one attached hydrogen (secondary N) is 3. The average Bonchev–Trinajstić information content (AvgIpc) is 2.49. The number of hydrogen-bond acceptors (Lipinski definition) is 5. The van der Waals surface area contributed by atoms with Crippen LogP contribution in [0.4, 0.5) is 16.4 Å². The van der Waals surface area contributed by atoms with Gasteiger partial charge in [-0.05, 0) is 31.2 Å². The normalized spacial score (nSPS) is 10.6. The maximum Gasteiger partial charge on any atom is 0.415 e. The van der Waals surface area contributed by atoms with Gasteiger partial charge < -0.3 is 4.74 Å². The first-order chi connectivity index (χ1) is 10.6. The molecule has 8 nitrogen and oxygen atoms in total. The van der Waals surface area contributed by atoms with Crippen molar-refractivity contribution < 1.29 is 14.1 Å². The van der Waals surface area contributed by atoms with Crippen LogP contribution in [0.15, 0.2) is 48.8 Å². The highest BCUT2D eigenvalue weighted by Gasteiger charge is 2.26. The van der Waals surface area contributed by atoms with Gasteiger partial charge in [0, 0.05) is 12.4 Å². The van der Waals surface area contributed by atoms with Crippen molar-refractivity contribution in [1.29, 1.82) is 0 Å². The first-order valence-electron chi connectivity index (χ1n) is 6.55. The highest BCUT2D eigenvalue weighted by molar-refractivity contribution is 7.65. The molecule has 0 aliphatic rings. The fourth-order valence-electron chi connectivity index (χ4n) is 1.56. The smallest absolute Gasteiger partial charge is 0.415 e. The first kappa shape index (κ1) is 15.8. The van der Waals surface area contributed by atoms with E-state index in [9.17, 15) is 9.36 Å². The fourth-order valence-corrected chi connectivity index (χ4v) is 2.96. The van der Waals surface area contributed by atoms with Crippen LogP contribution in [0.5, 0.6) is 0 Å². The maximum absolute atomic E-state index is 12.9. The Balaban J connectivity index is 2.19. The molecule has 116 valence electrons. The second-order valence-electron chi connectivity index (χ2n) is 4.10. The summed E-state index contributed by atoms with van der Waals surface area (Å²) in [7, 11) is -3.60. The van der Waals surface area contributed by atoms with E-state index >= 15 is 0 Å². The topological polar surface area (TPSA) is 105 Å². The molecule has 0 aliphatic carbocycles. The lowest BCUT2D eigenvalue weighted by atomic mass is 10.5. The molecule has 0 saturated heterocycles. The molecule has 0 fully saturated rings. The molecular weight excluding hydrogens is 305 g/mol. The largest absolute Gasteiger partial charge is 0.450 e. The highest BCUT2D eigenvalue weighted by atomic mass is 31.2. The second-order valence-corrected chi connectivity index (χ2v) is 5.98. The van der Waals surface area contributed by atoms with Crippen molar-refractivity contribution in [3.05, 3.63) is 48.8 Å². The van der Waals surface area contributed by atoms with Crippen molar-refractivity contribution in [1.82, 2.24) is 15.1 Å². The van der Waals surface area contributed by atoms with Gasteiger partial charge in [0.1, 0.15) is 11.6 Å². The van der Waals surface area contributed by atoms with Crippen LogP contribution in [0.25, 0.3) is 0 Å². The summed E-state index contributed by atoms with van der Waals surface area (Å²) in [4.78, 5) is 19.7. The van der Waals surface area contributed by atoms with E-state index in [4.69, 9.17) is 4.74 Å². The molecule has 9 heteroatoms. The molecule has 0 unspecified atom stereocenters. The summed E-state index contributed by atoms with van der Waals surface area (Å²) in [5.41, 5.74) is 0. The van der Waals surface area contributed by atoms with Crippen molar-refractivity contribution in [2.75, 3.05) is 16.8 Å². The monoisotopic (exact) mass is 321 g/mol. The summed E-state index contributed by atoms with van der Waals surface area (Å²) in [6.07, 6.45) is 2.27. The molecule has 2 heterocycles. The predicted molar refractivity (Wildman–Crippen MR) is 83.5 cm³/mol. The van der Waals surface area contributed by atoms with Crippen molar-refractivity contribution in [3.63, 3.8) is 0 Å². The molecule has 1 amide bonds. The van der Waals surface area contributed by atoms with Gasteiger partial charge in [-0.3, -0.25) is 14.7 Å². The number of carbonyl (C=O) groups excluding carboxylic acids is 1. The Morgan fingerprint density at radius 1 is 1.09 bits per heavy atom. The number of anilines is 2. The fraction of sp³-hybridized carbons (Fsp3) is 0.154. The van der Waals surface area contributed by atoms with E-state index in [2.05, 4.69) is 25.2 Å². The molecule has 2 rings (SSSR count). The lowest BCUT2D eigenvalue weighted by Crippen LogP contribution is -2.28. The van der Waals surface area contributed by atoms with E-state index < -0.39 is 13.7 Å². The van der Waals surface area contributed by atoms with Gasteiger partial charge in [-0.15, -0.1) is 0 Å². The van der Waals surface area contributed by atoms with E-state index in [1.807, 2.05) is 0 Å². The lowest BCUT2D eigenvalue weighted by Gasteiger charge is -2.21. The van der Waals surface area contributed by atoms with Crippen LogP contribution < -0.4 is 15.3 Å². The van der Waals surface area contributed by atoms with Gasteiger partial charge in [0.25, 0.3) is 0 Å². The SMILES string of the molecule is CCOC(=O)NP(=O)(Nc1ccccn1)Nc1ccccn1. The summed E-state index contributed by atoms with van der Waals surface area (Å²) < 4.78 is 17.7. The van der Waals surface area contributed by atoms with Crippen molar-refractivity contribution in [3.8, 4) is 0 Å². The molecule has 0 radical (unpaired) electrons. The molecule has 3 N–H and O–H groups in total. The van der Waals surface area contributed by atoms with Crippen LogP contribution in [0.3, 0.4) is 0 Å². The number of amides is 1. The molecule has 0 spiro atoms. The number of pyridine rings is 2. The molecule has 2 aromatic rings. The Morgan fingerprint density at radius 2 is 1.64 bits per heavy atom. The summed E-state index contributed by atoms with van der Waals surface area (Å²) in [5.74, 6) is 0.678. The van der Waals surface area contributed by atoms with Gasteiger partial charge in [-0.1, -0.05) is 12.1 Å². The van der Waals surface area contributed by atoms with Gasteiger partial charge in [-0.25, -0.2) is 19.8 Å². The van der Waals surface area contributed by atoms with E-state index in [-0.39, 0.29) is 6.61 Å². The zero-order valence-corrected chi connectivity index (χ0v) is 12.8. The van der Waals surface area contributed by atoms with Crippen LogP contribution in [0.1, 0.15) is 6.92 Å². The Hall–Kier alpha value is -2.60. The summed E-state index contributed by atoms with van der Waals surface area (Å²) in [5, 5.41) is 7.63. The average molecular weight is 321 g/mol. The van der Waals surface area contributed by atoms with Crippen LogP contribution in [-0.2, 0) is 9.30 Å². The van der Waals surface area contributed by atoms with Crippen LogP contribution in [0, 0.1) is 0 Å². The van der Waals surface area contributed by atoms with E-state index in [0.29, 0.717) is 11.6 Å². The molecule has 0 saturated carbocycles. The van der Waals surface area contributed by atoms with E-state index in [0.717, 1.165) is 0 Å². The lowest BCUT2D eigenvalue weighted by molar-refractivity contribution is 0.158. The van der Waals surface area contributed by atoms with Gasteiger partial charge in [0.15, 0.2) is 0 Å². The molecule has 22 heavy (non-hydrogen) atoms. The molecule has 0 aliphatic heterocycles. The Labute approximate surface area is 127 Å². The van der Waals surface area contributed by atoms with Gasteiger partial charge in [-0.2, -0.15) is 0 Å². The van der Waals surface area contributed by atoms with Crippen molar-refractivity contribution >= 4 is 25.3 Å². The number of ether oxygens (including phenoxy) is 1. The summed E-state index contributed by atoms with van der Waals surface area (Å²) >= 11 is 0. The highest BCUT2D eigenvalue weighted by Crippen LogP contribution is 2.40. The van der Waals surface area contributed by atoms with Crippen LogP contribution >= 0.6 is 7.59 Å². The maximum atomic E-state index is 12.9. The van der Waals surface area contributed by atoms with E-state index in [1.54, 1.807) is 43.3 Å². The van der Waals surface area contributed by atoms with Crippen LogP contribution in [0.2, 0.25) is 0 Å². The minimum absolute atomic E-state index is 0.166. The number of aromatic nitrogens is 2. The van der Waals surface area contributed by atoms with Crippen LogP contribution in [-0.4, -0.2) is 22.7 Å². The molecule has 0 aromatic carbocycles. The number of nitrogens with zero attached hydrogens (tertiary/aromatic N) is 2. The third-order valence-corrected chi connectivity index (χ3v) is 3.98. The second kappa shape index (κ2) is 7.42. The number of carbonyl (C=O) groups is 1. The van der Waals surface area contributed by atoms with Gasteiger partial charge >= 0.3 is 13.7 Å². The predicted octanol–water partition coefficient (Wildman–Crippen LogP) is 2.85. The molecule has 2 aromatic heterocycles. The van der Waals surface area contributed by atoms with E-state index in [1.165, 1.54) is 12.4 Å².